The van der Waals surface area contributed by atoms with Crippen molar-refractivity contribution in [3.63, 3.8) is 0 Å². The van der Waals surface area contributed by atoms with Gasteiger partial charge in [0.2, 0.25) is 5.91 Å². The van der Waals surface area contributed by atoms with Gasteiger partial charge in [0.25, 0.3) is 0 Å². The molecule has 3 N–H and O–H groups in total. The van der Waals surface area contributed by atoms with Crippen molar-refractivity contribution in [3.05, 3.63) is 53.6 Å². The molecule has 1 amide bonds. The highest BCUT2D eigenvalue weighted by molar-refractivity contribution is 8.24. The third kappa shape index (κ3) is 4.24. The van der Waals surface area contributed by atoms with Gasteiger partial charge in [-0.25, -0.2) is 0 Å². The molecule has 0 saturated carbocycles. The van der Waals surface area contributed by atoms with Crippen molar-refractivity contribution in [2.45, 2.75) is 37.5 Å². The minimum Gasteiger partial charge on any atom is -0.371 e. The number of hydrogen-bond acceptors (Lipinski definition) is 5. The smallest absolute Gasteiger partial charge is 0.239 e. The lowest BCUT2D eigenvalue weighted by molar-refractivity contribution is -0.118. The van der Waals surface area contributed by atoms with E-state index >= 15 is 0 Å². The lowest BCUT2D eigenvalue weighted by atomic mass is 9.97. The summed E-state index contributed by atoms with van der Waals surface area (Å²) in [5, 5.41) is 2.60. The molecule has 4 nitrogen and oxygen atoms in total. The third-order valence-electron chi connectivity index (χ3n) is 5.58. The number of thioether (sulfide) groups is 1. The Morgan fingerprint density at radius 2 is 1.89 bits per heavy atom. The molecule has 2 fully saturated rings. The molecule has 6 heteroatoms. The standard InChI is InChI=1S/C22H25N3OS2/c1-14-2-7-18(25-10-8-17(23)9-11-25)13-19(14)16-5-3-15(4-6-16)12-20-21(26)24-22(27)28-20/h2-7,13,17,20H,8-12,23H2,1H3,(H,24,26,27). The summed E-state index contributed by atoms with van der Waals surface area (Å²) in [6.45, 7) is 4.19. The first-order valence-corrected chi connectivity index (χ1v) is 11.0. The average Bonchev–Trinajstić information content (AvgIpc) is 3.00. The van der Waals surface area contributed by atoms with Gasteiger partial charge in [-0.05, 0) is 60.6 Å². The van der Waals surface area contributed by atoms with E-state index in [1.54, 1.807) is 0 Å². The molecule has 28 heavy (non-hydrogen) atoms. The molecule has 2 aromatic carbocycles. The maximum atomic E-state index is 11.9. The number of anilines is 1. The normalized spacial score (nSPS) is 20.5. The number of piperidine rings is 1. The van der Waals surface area contributed by atoms with Crippen molar-refractivity contribution < 1.29 is 4.79 Å². The molecule has 2 heterocycles. The number of nitrogens with one attached hydrogen (secondary N) is 1. The molecule has 146 valence electrons. The first kappa shape index (κ1) is 19.4. The zero-order valence-electron chi connectivity index (χ0n) is 16.0. The molecule has 2 aliphatic heterocycles. The molecule has 0 bridgehead atoms. The lowest BCUT2D eigenvalue weighted by Crippen LogP contribution is -2.39. The Kier molecular flexibility index (Phi) is 5.71. The fourth-order valence-electron chi connectivity index (χ4n) is 3.84. The number of rotatable bonds is 4. The van der Waals surface area contributed by atoms with E-state index in [4.69, 9.17) is 18.0 Å². The van der Waals surface area contributed by atoms with Crippen molar-refractivity contribution in [2.24, 2.45) is 5.73 Å². The second-order valence-corrected chi connectivity index (χ2v) is 9.49. The number of nitrogens with zero attached hydrogens (tertiary/aromatic N) is 1. The highest BCUT2D eigenvalue weighted by atomic mass is 32.2. The van der Waals surface area contributed by atoms with Crippen molar-refractivity contribution in [1.29, 1.82) is 0 Å². The van der Waals surface area contributed by atoms with E-state index in [0.29, 0.717) is 16.8 Å². The molecule has 0 spiro atoms. The van der Waals surface area contributed by atoms with Crippen molar-refractivity contribution in [1.82, 2.24) is 5.32 Å². The molecular formula is C22H25N3OS2. The van der Waals surface area contributed by atoms with Gasteiger partial charge in [-0.1, -0.05) is 54.3 Å². The van der Waals surface area contributed by atoms with Crippen LogP contribution >= 0.6 is 24.0 Å². The van der Waals surface area contributed by atoms with Gasteiger partial charge in [0.1, 0.15) is 4.32 Å². The van der Waals surface area contributed by atoms with E-state index in [-0.39, 0.29) is 11.2 Å². The monoisotopic (exact) mass is 411 g/mol. The first-order chi connectivity index (χ1) is 13.5. The van der Waals surface area contributed by atoms with Crippen LogP contribution in [-0.2, 0) is 11.2 Å². The van der Waals surface area contributed by atoms with Gasteiger partial charge in [-0.15, -0.1) is 0 Å². The summed E-state index contributed by atoms with van der Waals surface area (Å²) in [4.78, 5) is 14.3. The summed E-state index contributed by atoms with van der Waals surface area (Å²) in [5.74, 6) is 0.0175. The minimum atomic E-state index is -0.117. The van der Waals surface area contributed by atoms with Gasteiger partial charge in [-0.3, -0.25) is 4.79 Å². The van der Waals surface area contributed by atoms with Crippen molar-refractivity contribution in [2.75, 3.05) is 18.0 Å². The van der Waals surface area contributed by atoms with Crippen LogP contribution in [0.15, 0.2) is 42.5 Å². The van der Waals surface area contributed by atoms with Crippen LogP contribution in [0, 0.1) is 6.92 Å². The molecule has 1 unspecified atom stereocenters. The topological polar surface area (TPSA) is 58.4 Å². The highest BCUT2D eigenvalue weighted by Crippen LogP contribution is 2.30. The summed E-state index contributed by atoms with van der Waals surface area (Å²) < 4.78 is 0.581. The average molecular weight is 412 g/mol. The fraction of sp³-hybridized carbons (Fsp3) is 0.364. The van der Waals surface area contributed by atoms with Crippen LogP contribution in [0.5, 0.6) is 0 Å². The Hall–Kier alpha value is -1.89. The molecule has 2 aliphatic rings. The Balaban J connectivity index is 1.51. The summed E-state index contributed by atoms with van der Waals surface area (Å²) >= 11 is 6.53. The van der Waals surface area contributed by atoms with Crippen molar-refractivity contribution in [3.8, 4) is 11.1 Å². The van der Waals surface area contributed by atoms with Crippen LogP contribution in [0.25, 0.3) is 11.1 Å². The number of carbonyl (C=O) groups excluding carboxylic acids is 1. The van der Waals surface area contributed by atoms with E-state index in [1.165, 1.54) is 34.1 Å². The van der Waals surface area contributed by atoms with Crippen LogP contribution in [0.1, 0.15) is 24.0 Å². The molecule has 2 aromatic rings. The SMILES string of the molecule is Cc1ccc(N2CCC(N)CC2)cc1-c1ccc(CC2SC(=S)NC2=O)cc1. The summed E-state index contributed by atoms with van der Waals surface area (Å²) in [5.41, 5.74) is 12.2. The van der Waals surface area contributed by atoms with E-state index in [2.05, 4.69) is 59.6 Å². The second-order valence-electron chi connectivity index (χ2n) is 7.61. The lowest BCUT2D eigenvalue weighted by Gasteiger charge is -2.32. The number of amides is 1. The molecule has 1 atom stereocenters. The van der Waals surface area contributed by atoms with Gasteiger partial charge in [0.05, 0.1) is 5.25 Å². The van der Waals surface area contributed by atoms with Crippen LogP contribution in [0.3, 0.4) is 0 Å². The van der Waals surface area contributed by atoms with Crippen LogP contribution in [0.4, 0.5) is 5.69 Å². The number of benzene rings is 2. The number of nitrogens with two attached hydrogens (primary N) is 1. The predicted octanol–water partition coefficient (Wildman–Crippen LogP) is 3.65. The molecule has 2 saturated heterocycles. The van der Waals surface area contributed by atoms with Gasteiger partial charge < -0.3 is 16.0 Å². The van der Waals surface area contributed by atoms with Crippen LogP contribution in [0.2, 0.25) is 0 Å². The van der Waals surface area contributed by atoms with Gasteiger partial charge in [0.15, 0.2) is 0 Å². The van der Waals surface area contributed by atoms with Crippen LogP contribution in [-0.4, -0.2) is 34.6 Å². The Morgan fingerprint density at radius 1 is 1.18 bits per heavy atom. The molecule has 4 rings (SSSR count). The zero-order valence-corrected chi connectivity index (χ0v) is 17.6. The van der Waals surface area contributed by atoms with Crippen LogP contribution < -0.4 is 16.0 Å². The van der Waals surface area contributed by atoms with Gasteiger partial charge in [-0.2, -0.15) is 0 Å². The minimum absolute atomic E-state index is 0.0175. The first-order valence-electron chi connectivity index (χ1n) is 9.71. The summed E-state index contributed by atoms with van der Waals surface area (Å²) in [7, 11) is 0. The number of aryl methyl sites for hydroxylation is 1. The Labute approximate surface area is 175 Å². The Bertz CT molecular complexity index is 889. The molecule has 0 aliphatic carbocycles. The van der Waals surface area contributed by atoms with E-state index in [1.807, 2.05) is 0 Å². The van der Waals surface area contributed by atoms with Gasteiger partial charge in [0, 0.05) is 24.8 Å². The van der Waals surface area contributed by atoms with Gasteiger partial charge >= 0.3 is 0 Å². The molecule has 0 aromatic heterocycles. The van der Waals surface area contributed by atoms with E-state index in [9.17, 15) is 4.79 Å². The maximum Gasteiger partial charge on any atom is 0.239 e. The van der Waals surface area contributed by atoms with E-state index < -0.39 is 0 Å². The molecular weight excluding hydrogens is 386 g/mol. The maximum absolute atomic E-state index is 11.9. The fourth-order valence-corrected chi connectivity index (χ4v) is 5.15. The highest BCUT2D eigenvalue weighted by Gasteiger charge is 2.28. The summed E-state index contributed by atoms with van der Waals surface area (Å²) in [6.07, 6.45) is 2.80. The second kappa shape index (κ2) is 8.23. The van der Waals surface area contributed by atoms with E-state index in [0.717, 1.165) is 31.5 Å². The summed E-state index contributed by atoms with van der Waals surface area (Å²) in [6, 6.07) is 15.6. The molecule has 0 radical (unpaired) electrons. The number of thiocarbonyl (C=S) groups is 1. The number of carbonyl (C=O) groups is 1. The number of hydrogen-bond donors (Lipinski definition) is 2. The quantitative estimate of drug-likeness (QED) is 0.752. The Morgan fingerprint density at radius 3 is 2.54 bits per heavy atom. The zero-order chi connectivity index (χ0) is 19.7. The largest absolute Gasteiger partial charge is 0.371 e. The van der Waals surface area contributed by atoms with Crippen molar-refractivity contribution >= 4 is 39.9 Å². The predicted molar refractivity (Wildman–Crippen MR) is 122 cm³/mol. The third-order valence-corrected chi connectivity index (χ3v) is 6.95.